The SMILES string of the molecule is CCOC(C)(C)CNC(=O)N(C)C. The highest BCUT2D eigenvalue weighted by Gasteiger charge is 2.18. The average Bonchev–Trinajstić information content (AvgIpc) is 2.00. The van der Waals surface area contributed by atoms with Crippen molar-refractivity contribution in [1.82, 2.24) is 10.2 Å². The zero-order valence-electron chi connectivity index (χ0n) is 9.18. The summed E-state index contributed by atoms with van der Waals surface area (Å²) in [5.41, 5.74) is -0.291. The number of hydrogen-bond acceptors (Lipinski definition) is 2. The van der Waals surface area contributed by atoms with Crippen molar-refractivity contribution in [2.24, 2.45) is 0 Å². The summed E-state index contributed by atoms with van der Waals surface area (Å²) in [4.78, 5) is 12.7. The Morgan fingerprint density at radius 1 is 1.46 bits per heavy atom. The first kappa shape index (κ1) is 12.2. The van der Waals surface area contributed by atoms with Gasteiger partial charge in [-0.15, -0.1) is 0 Å². The van der Waals surface area contributed by atoms with E-state index in [2.05, 4.69) is 5.32 Å². The zero-order valence-corrected chi connectivity index (χ0v) is 9.18. The molecule has 0 aromatic heterocycles. The van der Waals surface area contributed by atoms with Gasteiger partial charge in [0.1, 0.15) is 0 Å². The van der Waals surface area contributed by atoms with Crippen LogP contribution in [-0.4, -0.2) is 43.8 Å². The van der Waals surface area contributed by atoms with E-state index in [1.807, 2.05) is 20.8 Å². The Bertz CT molecular complexity index is 167. The third-order valence-electron chi connectivity index (χ3n) is 1.61. The first-order chi connectivity index (χ1) is 5.89. The van der Waals surface area contributed by atoms with E-state index in [9.17, 15) is 4.79 Å². The van der Waals surface area contributed by atoms with Crippen molar-refractivity contribution in [2.75, 3.05) is 27.2 Å². The molecule has 13 heavy (non-hydrogen) atoms. The highest BCUT2D eigenvalue weighted by molar-refractivity contribution is 5.73. The largest absolute Gasteiger partial charge is 0.374 e. The molecule has 0 saturated carbocycles. The van der Waals surface area contributed by atoms with E-state index >= 15 is 0 Å². The topological polar surface area (TPSA) is 41.6 Å². The maximum absolute atomic E-state index is 11.2. The van der Waals surface area contributed by atoms with Crippen LogP contribution < -0.4 is 5.32 Å². The van der Waals surface area contributed by atoms with Crippen molar-refractivity contribution in [3.05, 3.63) is 0 Å². The predicted octanol–water partition coefficient (Wildman–Crippen LogP) is 1.07. The molecule has 78 valence electrons. The number of hydrogen-bond donors (Lipinski definition) is 1. The van der Waals surface area contributed by atoms with Crippen LogP contribution in [0.4, 0.5) is 4.79 Å². The van der Waals surface area contributed by atoms with Crippen LogP contribution in [0.25, 0.3) is 0 Å². The van der Waals surface area contributed by atoms with E-state index in [0.29, 0.717) is 13.2 Å². The van der Waals surface area contributed by atoms with Gasteiger partial charge in [0.25, 0.3) is 0 Å². The molecule has 1 N–H and O–H groups in total. The maximum atomic E-state index is 11.2. The fraction of sp³-hybridized carbons (Fsp3) is 0.889. The van der Waals surface area contributed by atoms with Crippen LogP contribution in [0.2, 0.25) is 0 Å². The second kappa shape index (κ2) is 5.07. The molecule has 0 atom stereocenters. The van der Waals surface area contributed by atoms with Gasteiger partial charge in [0.15, 0.2) is 0 Å². The van der Waals surface area contributed by atoms with Gasteiger partial charge >= 0.3 is 6.03 Å². The molecule has 0 rings (SSSR count). The molecule has 0 spiro atoms. The van der Waals surface area contributed by atoms with Gasteiger partial charge < -0.3 is 15.0 Å². The summed E-state index contributed by atoms with van der Waals surface area (Å²) in [6.07, 6.45) is 0. The standard InChI is InChI=1S/C9H20N2O2/c1-6-13-9(2,3)7-10-8(12)11(4)5/h6-7H2,1-5H3,(H,10,12). The lowest BCUT2D eigenvalue weighted by Gasteiger charge is -2.25. The smallest absolute Gasteiger partial charge is 0.316 e. The average molecular weight is 188 g/mol. The molecule has 0 heterocycles. The van der Waals surface area contributed by atoms with Gasteiger partial charge in [-0.1, -0.05) is 0 Å². The van der Waals surface area contributed by atoms with E-state index in [1.54, 1.807) is 14.1 Å². The quantitative estimate of drug-likeness (QED) is 0.717. The fourth-order valence-electron chi connectivity index (χ4n) is 0.888. The van der Waals surface area contributed by atoms with Gasteiger partial charge in [0.05, 0.1) is 5.60 Å². The van der Waals surface area contributed by atoms with E-state index in [1.165, 1.54) is 4.90 Å². The summed E-state index contributed by atoms with van der Waals surface area (Å²) in [5.74, 6) is 0. The second-order valence-corrected chi connectivity index (χ2v) is 3.75. The van der Waals surface area contributed by atoms with Crippen molar-refractivity contribution in [2.45, 2.75) is 26.4 Å². The van der Waals surface area contributed by atoms with E-state index in [4.69, 9.17) is 4.74 Å². The zero-order chi connectivity index (χ0) is 10.5. The number of nitrogens with zero attached hydrogens (tertiary/aromatic N) is 1. The highest BCUT2D eigenvalue weighted by Crippen LogP contribution is 2.06. The first-order valence-electron chi connectivity index (χ1n) is 4.48. The minimum atomic E-state index is -0.291. The summed E-state index contributed by atoms with van der Waals surface area (Å²) in [6.45, 7) is 7.02. The molecule has 0 radical (unpaired) electrons. The Kier molecular flexibility index (Phi) is 4.77. The molecule has 4 nitrogen and oxygen atoms in total. The second-order valence-electron chi connectivity index (χ2n) is 3.75. The molecule has 0 unspecified atom stereocenters. The van der Waals surface area contributed by atoms with E-state index < -0.39 is 0 Å². The van der Waals surface area contributed by atoms with E-state index in [-0.39, 0.29) is 11.6 Å². The molecule has 0 aromatic carbocycles. The monoisotopic (exact) mass is 188 g/mol. The van der Waals surface area contributed by atoms with Crippen molar-refractivity contribution in [3.8, 4) is 0 Å². The first-order valence-corrected chi connectivity index (χ1v) is 4.48. The molecule has 0 aromatic rings. The molecule has 0 aliphatic rings. The van der Waals surface area contributed by atoms with Crippen LogP contribution in [0.3, 0.4) is 0 Å². The number of amides is 2. The van der Waals surface area contributed by atoms with Gasteiger partial charge in [-0.25, -0.2) is 4.79 Å². The lowest BCUT2D eigenvalue weighted by atomic mass is 10.1. The molecule has 2 amide bonds. The van der Waals surface area contributed by atoms with Crippen LogP contribution in [0, 0.1) is 0 Å². The molecular weight excluding hydrogens is 168 g/mol. The summed E-state index contributed by atoms with van der Waals surface area (Å²) in [6, 6.07) is -0.0900. The van der Waals surface area contributed by atoms with Crippen LogP contribution >= 0.6 is 0 Å². The fourth-order valence-corrected chi connectivity index (χ4v) is 0.888. The maximum Gasteiger partial charge on any atom is 0.316 e. The molecule has 0 aliphatic heterocycles. The number of nitrogens with one attached hydrogen (secondary N) is 1. The Hall–Kier alpha value is -0.770. The minimum Gasteiger partial charge on any atom is -0.374 e. The number of rotatable bonds is 4. The van der Waals surface area contributed by atoms with Crippen LogP contribution in [0.1, 0.15) is 20.8 Å². The van der Waals surface area contributed by atoms with Gasteiger partial charge in [-0.05, 0) is 20.8 Å². The number of urea groups is 1. The lowest BCUT2D eigenvalue weighted by molar-refractivity contribution is -0.00737. The van der Waals surface area contributed by atoms with Crippen molar-refractivity contribution in [3.63, 3.8) is 0 Å². The summed E-state index contributed by atoms with van der Waals surface area (Å²) >= 11 is 0. The molecular formula is C9H20N2O2. The number of carbonyl (C=O) groups excluding carboxylic acids is 1. The highest BCUT2D eigenvalue weighted by atomic mass is 16.5. The molecule has 0 bridgehead atoms. The Labute approximate surface area is 80.2 Å². The Balaban J connectivity index is 3.80. The normalized spacial score (nSPS) is 11.2. The number of carbonyl (C=O) groups is 1. The third kappa shape index (κ3) is 5.47. The molecule has 4 heteroatoms. The van der Waals surface area contributed by atoms with Crippen LogP contribution in [0.5, 0.6) is 0 Å². The molecule has 0 aliphatic carbocycles. The predicted molar refractivity (Wildman–Crippen MR) is 52.8 cm³/mol. The Morgan fingerprint density at radius 2 is 2.00 bits per heavy atom. The summed E-state index contributed by atoms with van der Waals surface area (Å²) < 4.78 is 5.43. The third-order valence-corrected chi connectivity index (χ3v) is 1.61. The minimum absolute atomic E-state index is 0.0900. The van der Waals surface area contributed by atoms with Gasteiger partial charge in [0.2, 0.25) is 0 Å². The van der Waals surface area contributed by atoms with Crippen molar-refractivity contribution in [1.29, 1.82) is 0 Å². The van der Waals surface area contributed by atoms with Gasteiger partial charge in [-0.2, -0.15) is 0 Å². The molecule has 0 saturated heterocycles. The van der Waals surface area contributed by atoms with Crippen LogP contribution in [-0.2, 0) is 4.74 Å². The lowest BCUT2D eigenvalue weighted by Crippen LogP contribution is -2.44. The van der Waals surface area contributed by atoms with Gasteiger partial charge in [0, 0.05) is 27.2 Å². The number of ether oxygens (including phenoxy) is 1. The Morgan fingerprint density at radius 3 is 2.38 bits per heavy atom. The van der Waals surface area contributed by atoms with Gasteiger partial charge in [-0.3, -0.25) is 0 Å². The van der Waals surface area contributed by atoms with Crippen LogP contribution in [0.15, 0.2) is 0 Å². The summed E-state index contributed by atoms with van der Waals surface area (Å²) in [5, 5.41) is 2.77. The van der Waals surface area contributed by atoms with Crippen molar-refractivity contribution < 1.29 is 9.53 Å². The van der Waals surface area contributed by atoms with E-state index in [0.717, 1.165) is 0 Å². The van der Waals surface area contributed by atoms with Crippen molar-refractivity contribution >= 4 is 6.03 Å². The summed E-state index contributed by atoms with van der Waals surface area (Å²) in [7, 11) is 3.42. The molecule has 0 fully saturated rings.